The molecule has 3 N–H and O–H groups in total. The van der Waals surface area contributed by atoms with Gasteiger partial charge in [-0.15, -0.1) is 0 Å². The number of benzene rings is 2. The van der Waals surface area contributed by atoms with Crippen LogP contribution in [0.5, 0.6) is 0 Å². The Hall–Kier alpha value is -1.65. The molecule has 0 amide bonds. The second kappa shape index (κ2) is 5.99. The molecule has 2 aromatic carbocycles. The molecule has 0 heterocycles. The van der Waals surface area contributed by atoms with Crippen LogP contribution in [0, 0.1) is 0 Å². The Morgan fingerprint density at radius 2 is 1.79 bits per heavy atom. The smallest absolute Gasteiger partial charge is 0.307 e. The normalized spacial score (nSPS) is 10.4. The summed E-state index contributed by atoms with van der Waals surface area (Å²) in [6, 6.07) is 12.9. The van der Waals surface area contributed by atoms with Gasteiger partial charge in [-0.2, -0.15) is 0 Å². The van der Waals surface area contributed by atoms with Crippen molar-refractivity contribution in [3.05, 3.63) is 53.1 Å². The van der Waals surface area contributed by atoms with Crippen molar-refractivity contribution < 1.29 is 9.90 Å². The molecule has 3 nitrogen and oxygen atoms in total. The Morgan fingerprint density at radius 3 is 2.37 bits per heavy atom. The molecular formula is C14H12ClNO2S. The van der Waals surface area contributed by atoms with E-state index in [1.54, 1.807) is 23.9 Å². The van der Waals surface area contributed by atoms with Crippen LogP contribution in [0.1, 0.15) is 5.56 Å². The van der Waals surface area contributed by atoms with Crippen LogP contribution in [-0.4, -0.2) is 11.1 Å². The number of rotatable bonds is 4. The average Bonchev–Trinajstić information content (AvgIpc) is 2.35. The fraction of sp³-hybridized carbons (Fsp3) is 0.0714. The number of carboxylic acids is 1. The maximum atomic E-state index is 10.7. The van der Waals surface area contributed by atoms with Crippen molar-refractivity contribution in [1.82, 2.24) is 0 Å². The predicted octanol–water partition coefficient (Wildman–Crippen LogP) is 3.70. The molecule has 5 heteroatoms. The van der Waals surface area contributed by atoms with E-state index in [1.165, 1.54) is 0 Å². The van der Waals surface area contributed by atoms with Gasteiger partial charge in [0.05, 0.1) is 6.42 Å². The lowest BCUT2D eigenvalue weighted by Crippen LogP contribution is -2.03. The summed E-state index contributed by atoms with van der Waals surface area (Å²) in [5.41, 5.74) is 6.98. The first-order valence-electron chi connectivity index (χ1n) is 5.58. The quantitative estimate of drug-likeness (QED) is 0.844. The highest BCUT2D eigenvalue weighted by Gasteiger charge is 2.06. The molecule has 0 aliphatic heterocycles. The molecular weight excluding hydrogens is 282 g/mol. The van der Waals surface area contributed by atoms with Crippen molar-refractivity contribution in [3.8, 4) is 0 Å². The van der Waals surface area contributed by atoms with Crippen LogP contribution in [0.2, 0.25) is 5.02 Å². The number of carboxylic acid groups (broad SMARTS) is 1. The molecule has 0 aliphatic rings. The second-order valence-corrected chi connectivity index (χ2v) is 5.57. The van der Waals surface area contributed by atoms with E-state index in [1.807, 2.05) is 30.3 Å². The lowest BCUT2D eigenvalue weighted by molar-refractivity contribution is -0.136. The average molecular weight is 294 g/mol. The first-order chi connectivity index (χ1) is 9.04. The molecule has 0 bridgehead atoms. The molecule has 0 aliphatic carbocycles. The SMILES string of the molecule is Nc1cc(Sc2ccc(Cl)cc2)ccc1CC(=O)O. The highest BCUT2D eigenvalue weighted by atomic mass is 35.5. The summed E-state index contributed by atoms with van der Waals surface area (Å²) in [4.78, 5) is 12.7. The molecule has 0 radical (unpaired) electrons. The topological polar surface area (TPSA) is 63.3 Å². The van der Waals surface area contributed by atoms with E-state index in [0.29, 0.717) is 16.3 Å². The fourth-order valence-corrected chi connectivity index (χ4v) is 2.59. The maximum absolute atomic E-state index is 10.7. The largest absolute Gasteiger partial charge is 0.481 e. The molecule has 2 rings (SSSR count). The van der Waals surface area contributed by atoms with Crippen LogP contribution in [0.15, 0.2) is 52.3 Å². The molecule has 98 valence electrons. The molecule has 0 unspecified atom stereocenters. The van der Waals surface area contributed by atoms with Crippen molar-refractivity contribution >= 4 is 35.0 Å². The zero-order valence-electron chi connectivity index (χ0n) is 9.97. The predicted molar refractivity (Wildman–Crippen MR) is 77.8 cm³/mol. The minimum atomic E-state index is -0.884. The summed E-state index contributed by atoms with van der Waals surface area (Å²) in [7, 11) is 0. The first-order valence-corrected chi connectivity index (χ1v) is 6.77. The molecule has 0 fully saturated rings. The Morgan fingerprint density at radius 1 is 1.16 bits per heavy atom. The number of nitrogens with two attached hydrogens (primary N) is 1. The number of nitrogen functional groups attached to an aromatic ring is 1. The molecule has 2 aromatic rings. The van der Waals surface area contributed by atoms with E-state index >= 15 is 0 Å². The molecule has 19 heavy (non-hydrogen) atoms. The summed E-state index contributed by atoms with van der Waals surface area (Å²) in [5, 5.41) is 9.44. The van der Waals surface area contributed by atoms with Crippen molar-refractivity contribution in [2.45, 2.75) is 16.2 Å². The van der Waals surface area contributed by atoms with Crippen LogP contribution < -0.4 is 5.73 Å². The van der Waals surface area contributed by atoms with Crippen LogP contribution in [0.3, 0.4) is 0 Å². The van der Waals surface area contributed by atoms with Gasteiger partial charge in [0, 0.05) is 20.5 Å². The van der Waals surface area contributed by atoms with Crippen LogP contribution in [0.4, 0.5) is 5.69 Å². The summed E-state index contributed by atoms with van der Waals surface area (Å²) in [5.74, 6) is -0.884. The van der Waals surface area contributed by atoms with E-state index < -0.39 is 5.97 Å². The van der Waals surface area contributed by atoms with Gasteiger partial charge in [0.1, 0.15) is 0 Å². The van der Waals surface area contributed by atoms with E-state index in [-0.39, 0.29) is 6.42 Å². The lowest BCUT2D eigenvalue weighted by Gasteiger charge is -2.06. The third-order valence-electron chi connectivity index (χ3n) is 2.51. The van der Waals surface area contributed by atoms with Crippen LogP contribution >= 0.6 is 23.4 Å². The highest BCUT2D eigenvalue weighted by molar-refractivity contribution is 7.99. The number of carbonyl (C=O) groups is 1. The van der Waals surface area contributed by atoms with Crippen molar-refractivity contribution in [2.24, 2.45) is 0 Å². The van der Waals surface area contributed by atoms with E-state index in [4.69, 9.17) is 22.4 Å². The third kappa shape index (κ3) is 3.91. The number of hydrogen-bond acceptors (Lipinski definition) is 3. The monoisotopic (exact) mass is 293 g/mol. The zero-order chi connectivity index (χ0) is 13.8. The summed E-state index contributed by atoms with van der Waals surface area (Å²) in [6.45, 7) is 0. The summed E-state index contributed by atoms with van der Waals surface area (Å²) >= 11 is 7.38. The Labute approximate surface area is 120 Å². The summed E-state index contributed by atoms with van der Waals surface area (Å²) in [6.07, 6.45) is -0.0578. The van der Waals surface area contributed by atoms with Gasteiger partial charge in [-0.3, -0.25) is 4.79 Å². The molecule has 0 saturated heterocycles. The standard InChI is InChI=1S/C14H12ClNO2S/c15-10-2-5-11(6-3-10)19-12-4-1-9(7-14(17)18)13(16)8-12/h1-6,8H,7,16H2,(H,17,18). The van der Waals surface area contributed by atoms with Crippen molar-refractivity contribution in [3.63, 3.8) is 0 Å². The zero-order valence-corrected chi connectivity index (χ0v) is 11.5. The number of anilines is 1. The van der Waals surface area contributed by atoms with Gasteiger partial charge in [0.2, 0.25) is 0 Å². The first kappa shape index (κ1) is 13.8. The van der Waals surface area contributed by atoms with Crippen LogP contribution in [0.25, 0.3) is 0 Å². The van der Waals surface area contributed by atoms with E-state index in [9.17, 15) is 4.79 Å². The lowest BCUT2D eigenvalue weighted by atomic mass is 10.1. The third-order valence-corrected chi connectivity index (χ3v) is 3.76. The van der Waals surface area contributed by atoms with Crippen molar-refractivity contribution in [1.29, 1.82) is 0 Å². The molecule has 0 saturated carbocycles. The van der Waals surface area contributed by atoms with Gasteiger partial charge in [0.25, 0.3) is 0 Å². The second-order valence-electron chi connectivity index (χ2n) is 3.99. The van der Waals surface area contributed by atoms with E-state index in [2.05, 4.69) is 0 Å². The highest BCUT2D eigenvalue weighted by Crippen LogP contribution is 2.30. The Kier molecular flexibility index (Phi) is 4.35. The minimum absolute atomic E-state index is 0.0578. The molecule has 0 aromatic heterocycles. The number of aliphatic carboxylic acids is 1. The Bertz CT molecular complexity index is 599. The van der Waals surface area contributed by atoms with Crippen LogP contribution in [-0.2, 0) is 11.2 Å². The van der Waals surface area contributed by atoms with Gasteiger partial charge < -0.3 is 10.8 Å². The fourth-order valence-electron chi connectivity index (χ4n) is 1.60. The van der Waals surface area contributed by atoms with Gasteiger partial charge >= 0.3 is 5.97 Å². The van der Waals surface area contributed by atoms with Gasteiger partial charge in [-0.05, 0) is 42.0 Å². The summed E-state index contributed by atoms with van der Waals surface area (Å²) < 4.78 is 0. The van der Waals surface area contributed by atoms with Gasteiger partial charge in [-0.1, -0.05) is 29.4 Å². The van der Waals surface area contributed by atoms with Gasteiger partial charge in [0.15, 0.2) is 0 Å². The van der Waals surface area contributed by atoms with Crippen molar-refractivity contribution in [2.75, 3.05) is 5.73 Å². The maximum Gasteiger partial charge on any atom is 0.307 e. The van der Waals surface area contributed by atoms with E-state index in [0.717, 1.165) is 9.79 Å². The van der Waals surface area contributed by atoms with Gasteiger partial charge in [-0.25, -0.2) is 0 Å². The minimum Gasteiger partial charge on any atom is -0.481 e. The molecule has 0 atom stereocenters. The molecule has 0 spiro atoms. The Balaban J connectivity index is 2.15. The number of halogens is 1. The number of hydrogen-bond donors (Lipinski definition) is 2.